The zero-order valence-electron chi connectivity index (χ0n) is 14.0. The number of carbonyl (C=O) groups excluding carboxylic acids is 1. The first-order valence-corrected chi connectivity index (χ1v) is 7.24. The van der Waals surface area contributed by atoms with E-state index in [-0.39, 0.29) is 0 Å². The minimum atomic E-state index is -0.518. The summed E-state index contributed by atoms with van der Waals surface area (Å²) in [6.45, 7) is 7.38. The number of esters is 1. The number of pyridine rings is 1. The fourth-order valence-corrected chi connectivity index (χ4v) is 1.94. The molecule has 6 heteroatoms. The number of rotatable bonds is 4. The average Bonchev–Trinajstić information content (AvgIpc) is 2.89. The molecule has 0 N–H and O–H groups in total. The van der Waals surface area contributed by atoms with Crippen molar-refractivity contribution in [3.05, 3.63) is 42.3 Å². The Bertz CT molecular complexity index is 727. The summed E-state index contributed by atoms with van der Waals surface area (Å²) >= 11 is 0. The predicted molar refractivity (Wildman–Crippen MR) is 87.5 cm³/mol. The van der Waals surface area contributed by atoms with Crippen LogP contribution in [0.25, 0.3) is 11.8 Å². The molecule has 2 aromatic heterocycles. The van der Waals surface area contributed by atoms with Crippen LogP contribution in [0.4, 0.5) is 0 Å². The maximum atomic E-state index is 11.7. The van der Waals surface area contributed by atoms with Crippen LogP contribution in [0.5, 0.6) is 5.75 Å². The first-order valence-electron chi connectivity index (χ1n) is 7.24. The van der Waals surface area contributed by atoms with Gasteiger partial charge in [0, 0.05) is 18.3 Å². The van der Waals surface area contributed by atoms with Crippen LogP contribution in [-0.4, -0.2) is 33.2 Å². The Kier molecular flexibility index (Phi) is 4.83. The highest BCUT2D eigenvalue weighted by Crippen LogP contribution is 2.23. The summed E-state index contributed by atoms with van der Waals surface area (Å²) in [5, 5.41) is 0. The summed E-state index contributed by atoms with van der Waals surface area (Å²) in [5.41, 5.74) is 1.77. The molecule has 2 aromatic rings. The summed E-state index contributed by atoms with van der Waals surface area (Å²) < 4.78 is 12.4. The number of imidazole rings is 1. The van der Waals surface area contributed by atoms with Gasteiger partial charge in [0.15, 0.2) is 0 Å². The van der Waals surface area contributed by atoms with Crippen LogP contribution < -0.4 is 4.74 Å². The number of hydrogen-bond acceptors (Lipinski definition) is 5. The zero-order valence-corrected chi connectivity index (χ0v) is 14.0. The SMILES string of the molecule is COc1cc(/C=C/C(=O)OC(C)(C)C)ncc1-n1cnc(C)c1. The molecule has 0 aliphatic rings. The minimum absolute atomic E-state index is 0.410. The highest BCUT2D eigenvalue weighted by atomic mass is 16.6. The second-order valence-corrected chi connectivity index (χ2v) is 6.07. The van der Waals surface area contributed by atoms with Gasteiger partial charge in [0.25, 0.3) is 0 Å². The largest absolute Gasteiger partial charge is 0.494 e. The Morgan fingerprint density at radius 1 is 1.30 bits per heavy atom. The molecule has 0 unspecified atom stereocenters. The van der Waals surface area contributed by atoms with Gasteiger partial charge in [-0.15, -0.1) is 0 Å². The third kappa shape index (κ3) is 4.67. The molecule has 0 aromatic carbocycles. The average molecular weight is 315 g/mol. The van der Waals surface area contributed by atoms with Gasteiger partial charge in [-0.05, 0) is 33.8 Å². The van der Waals surface area contributed by atoms with E-state index in [1.54, 1.807) is 31.8 Å². The number of aromatic nitrogens is 3. The van der Waals surface area contributed by atoms with E-state index >= 15 is 0 Å². The van der Waals surface area contributed by atoms with E-state index in [4.69, 9.17) is 9.47 Å². The predicted octanol–water partition coefficient (Wildman–Crippen LogP) is 2.94. The monoisotopic (exact) mass is 315 g/mol. The molecular weight excluding hydrogens is 294 g/mol. The van der Waals surface area contributed by atoms with Crippen LogP contribution in [0.3, 0.4) is 0 Å². The second-order valence-electron chi connectivity index (χ2n) is 6.07. The van der Waals surface area contributed by atoms with Crippen molar-refractivity contribution in [2.45, 2.75) is 33.3 Å². The van der Waals surface area contributed by atoms with Gasteiger partial charge in [-0.2, -0.15) is 0 Å². The lowest BCUT2D eigenvalue weighted by Gasteiger charge is -2.17. The molecule has 0 aliphatic carbocycles. The molecule has 0 spiro atoms. The summed E-state index contributed by atoms with van der Waals surface area (Å²) in [6.07, 6.45) is 8.21. The van der Waals surface area contributed by atoms with Crippen LogP contribution in [-0.2, 0) is 9.53 Å². The summed E-state index contributed by atoms with van der Waals surface area (Å²) in [4.78, 5) is 20.2. The van der Waals surface area contributed by atoms with Crippen molar-refractivity contribution in [1.29, 1.82) is 0 Å². The molecule has 0 saturated carbocycles. The highest BCUT2D eigenvalue weighted by molar-refractivity contribution is 5.87. The molecule has 6 nitrogen and oxygen atoms in total. The first kappa shape index (κ1) is 16.7. The zero-order chi connectivity index (χ0) is 17.0. The number of ether oxygens (including phenoxy) is 2. The minimum Gasteiger partial charge on any atom is -0.494 e. The number of aryl methyl sites for hydroxylation is 1. The molecular formula is C17H21N3O3. The van der Waals surface area contributed by atoms with Crippen molar-refractivity contribution >= 4 is 12.0 Å². The van der Waals surface area contributed by atoms with Crippen LogP contribution in [0.1, 0.15) is 32.2 Å². The van der Waals surface area contributed by atoms with Crippen LogP contribution in [0, 0.1) is 6.92 Å². The molecule has 0 atom stereocenters. The third-order valence-electron chi connectivity index (χ3n) is 2.87. The fourth-order valence-electron chi connectivity index (χ4n) is 1.94. The molecule has 2 rings (SSSR count). The maximum absolute atomic E-state index is 11.7. The molecule has 0 amide bonds. The maximum Gasteiger partial charge on any atom is 0.331 e. The van der Waals surface area contributed by atoms with Gasteiger partial charge in [0.1, 0.15) is 17.0 Å². The standard InChI is InChI=1S/C17H21N3O3/c1-12-10-20(11-19-12)14-9-18-13(8-15(14)22-5)6-7-16(21)23-17(2,3)4/h6-11H,1-5H3/b7-6+. The van der Waals surface area contributed by atoms with Crippen molar-refractivity contribution in [2.75, 3.05) is 7.11 Å². The summed E-state index contributed by atoms with van der Waals surface area (Å²) in [5.74, 6) is 0.230. The molecule has 122 valence electrons. The van der Waals surface area contributed by atoms with Gasteiger partial charge in [0.2, 0.25) is 0 Å². The molecule has 23 heavy (non-hydrogen) atoms. The number of nitrogens with zero attached hydrogens (tertiary/aromatic N) is 3. The van der Waals surface area contributed by atoms with Crippen LogP contribution in [0.2, 0.25) is 0 Å². The van der Waals surface area contributed by atoms with E-state index < -0.39 is 11.6 Å². The Balaban J connectivity index is 2.21. The molecule has 0 aliphatic heterocycles. The number of hydrogen-bond donors (Lipinski definition) is 0. The lowest BCUT2D eigenvalue weighted by molar-refractivity contribution is -0.148. The van der Waals surface area contributed by atoms with Gasteiger partial charge in [-0.25, -0.2) is 9.78 Å². The smallest absolute Gasteiger partial charge is 0.331 e. The van der Waals surface area contributed by atoms with E-state index in [0.29, 0.717) is 11.4 Å². The van der Waals surface area contributed by atoms with Crippen molar-refractivity contribution in [3.8, 4) is 11.4 Å². The van der Waals surface area contributed by atoms with Gasteiger partial charge < -0.3 is 14.0 Å². The van der Waals surface area contributed by atoms with E-state index in [9.17, 15) is 4.79 Å². The molecule has 0 fully saturated rings. The van der Waals surface area contributed by atoms with Gasteiger partial charge in [-0.1, -0.05) is 0 Å². The normalized spacial score (nSPS) is 11.7. The van der Waals surface area contributed by atoms with Crippen LogP contribution >= 0.6 is 0 Å². The Labute approximate surface area is 135 Å². The van der Waals surface area contributed by atoms with E-state index in [0.717, 1.165) is 11.4 Å². The first-order chi connectivity index (χ1) is 10.8. The van der Waals surface area contributed by atoms with E-state index in [1.807, 2.05) is 38.5 Å². The lowest BCUT2D eigenvalue weighted by Crippen LogP contribution is -2.22. The van der Waals surface area contributed by atoms with Crippen LogP contribution in [0.15, 0.2) is 30.9 Å². The molecule has 0 saturated heterocycles. The van der Waals surface area contributed by atoms with Crippen molar-refractivity contribution in [1.82, 2.24) is 14.5 Å². The Hall–Kier alpha value is -2.63. The number of carbonyl (C=O) groups is 1. The molecule has 0 radical (unpaired) electrons. The summed E-state index contributed by atoms with van der Waals surface area (Å²) in [7, 11) is 1.59. The topological polar surface area (TPSA) is 66.2 Å². The quantitative estimate of drug-likeness (QED) is 0.641. The number of methoxy groups -OCH3 is 1. The molecule has 0 bridgehead atoms. The molecule has 2 heterocycles. The second kappa shape index (κ2) is 6.64. The summed E-state index contributed by atoms with van der Waals surface area (Å²) in [6, 6.07) is 1.76. The van der Waals surface area contributed by atoms with Crippen molar-refractivity contribution < 1.29 is 14.3 Å². The van der Waals surface area contributed by atoms with Crippen molar-refractivity contribution in [3.63, 3.8) is 0 Å². The van der Waals surface area contributed by atoms with Gasteiger partial charge in [0.05, 0.1) is 31.0 Å². The van der Waals surface area contributed by atoms with E-state index in [2.05, 4.69) is 9.97 Å². The lowest BCUT2D eigenvalue weighted by atomic mass is 10.2. The highest BCUT2D eigenvalue weighted by Gasteiger charge is 2.14. The van der Waals surface area contributed by atoms with Crippen molar-refractivity contribution in [2.24, 2.45) is 0 Å². The van der Waals surface area contributed by atoms with Gasteiger partial charge >= 0.3 is 5.97 Å². The Morgan fingerprint density at radius 3 is 2.61 bits per heavy atom. The van der Waals surface area contributed by atoms with E-state index in [1.165, 1.54) is 6.08 Å². The van der Waals surface area contributed by atoms with Gasteiger partial charge in [-0.3, -0.25) is 4.98 Å². The Morgan fingerprint density at radius 2 is 2.04 bits per heavy atom. The third-order valence-corrected chi connectivity index (χ3v) is 2.87. The fraction of sp³-hybridized carbons (Fsp3) is 0.353.